The van der Waals surface area contributed by atoms with Gasteiger partial charge >= 0.3 is 0 Å². The number of benzene rings is 4. The standard InChI is InChI=1S/C22H18OS/c1-2-23-21-13-14-22(20-10-6-5-9-19(20)21)24-18-12-11-16-7-3-4-8-17(16)15-18/h3-15H,2H2,1H3. The number of ether oxygens (including phenoxy) is 1. The predicted octanol–water partition coefficient (Wildman–Crippen LogP) is 6.54. The van der Waals surface area contributed by atoms with Gasteiger partial charge in [0.1, 0.15) is 5.75 Å². The second-order valence-electron chi connectivity index (χ2n) is 5.65. The van der Waals surface area contributed by atoms with Crippen LogP contribution in [-0.4, -0.2) is 6.61 Å². The largest absolute Gasteiger partial charge is 0.493 e. The molecule has 4 aromatic rings. The highest BCUT2D eigenvalue weighted by molar-refractivity contribution is 7.99. The third-order valence-corrected chi connectivity index (χ3v) is 5.16. The van der Waals surface area contributed by atoms with Crippen molar-refractivity contribution in [3.8, 4) is 5.75 Å². The van der Waals surface area contributed by atoms with Gasteiger partial charge in [-0.25, -0.2) is 0 Å². The first kappa shape index (κ1) is 15.1. The highest BCUT2D eigenvalue weighted by atomic mass is 32.2. The third kappa shape index (κ3) is 2.85. The van der Waals surface area contributed by atoms with Crippen LogP contribution in [0.5, 0.6) is 5.75 Å². The molecule has 2 heteroatoms. The number of hydrogen-bond acceptors (Lipinski definition) is 2. The van der Waals surface area contributed by atoms with E-state index in [1.165, 1.54) is 31.3 Å². The van der Waals surface area contributed by atoms with Crippen molar-refractivity contribution in [1.82, 2.24) is 0 Å². The van der Waals surface area contributed by atoms with Crippen molar-refractivity contribution < 1.29 is 4.74 Å². The fraction of sp³-hybridized carbons (Fsp3) is 0.0909. The molecule has 0 heterocycles. The van der Waals surface area contributed by atoms with Crippen molar-refractivity contribution in [1.29, 1.82) is 0 Å². The Labute approximate surface area is 146 Å². The highest BCUT2D eigenvalue weighted by Crippen LogP contribution is 2.38. The van der Waals surface area contributed by atoms with Crippen molar-refractivity contribution in [2.45, 2.75) is 16.7 Å². The molecule has 24 heavy (non-hydrogen) atoms. The van der Waals surface area contributed by atoms with E-state index in [2.05, 4.69) is 78.9 Å². The van der Waals surface area contributed by atoms with Crippen molar-refractivity contribution >= 4 is 33.3 Å². The lowest BCUT2D eigenvalue weighted by atomic mass is 10.1. The Morgan fingerprint density at radius 3 is 2.33 bits per heavy atom. The Bertz CT molecular complexity index is 1010. The molecule has 0 aliphatic rings. The zero-order chi connectivity index (χ0) is 16.4. The van der Waals surface area contributed by atoms with Gasteiger partial charge in [0.25, 0.3) is 0 Å². The van der Waals surface area contributed by atoms with Crippen LogP contribution in [0.15, 0.2) is 88.7 Å². The lowest BCUT2D eigenvalue weighted by Crippen LogP contribution is -1.92. The highest BCUT2D eigenvalue weighted by Gasteiger charge is 2.08. The summed E-state index contributed by atoms with van der Waals surface area (Å²) in [5.41, 5.74) is 0. The molecule has 0 atom stereocenters. The monoisotopic (exact) mass is 330 g/mol. The van der Waals surface area contributed by atoms with Gasteiger partial charge in [-0.1, -0.05) is 66.4 Å². The minimum atomic E-state index is 0.682. The summed E-state index contributed by atoms with van der Waals surface area (Å²) >= 11 is 1.80. The van der Waals surface area contributed by atoms with Crippen molar-refractivity contribution in [2.75, 3.05) is 6.61 Å². The molecular weight excluding hydrogens is 312 g/mol. The van der Waals surface area contributed by atoms with E-state index in [0.29, 0.717) is 6.61 Å². The average Bonchev–Trinajstić information content (AvgIpc) is 2.64. The molecular formula is C22H18OS. The second-order valence-corrected chi connectivity index (χ2v) is 6.77. The van der Waals surface area contributed by atoms with Crippen molar-refractivity contribution in [3.05, 3.63) is 78.9 Å². The number of fused-ring (bicyclic) bond motifs is 2. The molecule has 0 saturated carbocycles. The van der Waals surface area contributed by atoms with E-state index in [9.17, 15) is 0 Å². The van der Waals surface area contributed by atoms with E-state index in [1.807, 2.05) is 6.92 Å². The van der Waals surface area contributed by atoms with Crippen LogP contribution >= 0.6 is 11.8 Å². The SMILES string of the molecule is CCOc1ccc(Sc2ccc3ccccc3c2)c2ccccc12. The summed E-state index contributed by atoms with van der Waals surface area (Å²) < 4.78 is 5.77. The van der Waals surface area contributed by atoms with Gasteiger partial charge in [-0.15, -0.1) is 0 Å². The average molecular weight is 330 g/mol. The van der Waals surface area contributed by atoms with E-state index in [-0.39, 0.29) is 0 Å². The molecule has 0 unspecified atom stereocenters. The summed E-state index contributed by atoms with van der Waals surface area (Å²) in [6, 6.07) is 27.8. The van der Waals surface area contributed by atoms with Gasteiger partial charge in [-0.3, -0.25) is 0 Å². The maximum Gasteiger partial charge on any atom is 0.127 e. The number of hydrogen-bond donors (Lipinski definition) is 0. The maximum atomic E-state index is 5.77. The van der Waals surface area contributed by atoms with Crippen LogP contribution in [0.3, 0.4) is 0 Å². The predicted molar refractivity (Wildman–Crippen MR) is 103 cm³/mol. The topological polar surface area (TPSA) is 9.23 Å². The molecule has 118 valence electrons. The minimum absolute atomic E-state index is 0.682. The van der Waals surface area contributed by atoms with Crippen molar-refractivity contribution in [2.24, 2.45) is 0 Å². The fourth-order valence-electron chi connectivity index (χ4n) is 2.97. The molecule has 1 nitrogen and oxygen atoms in total. The third-order valence-electron chi connectivity index (χ3n) is 4.09. The maximum absolute atomic E-state index is 5.77. The first-order valence-corrected chi connectivity index (χ1v) is 8.98. The number of rotatable bonds is 4. The van der Waals surface area contributed by atoms with E-state index in [0.717, 1.165) is 5.75 Å². The Balaban J connectivity index is 1.77. The summed E-state index contributed by atoms with van der Waals surface area (Å²) in [4.78, 5) is 2.51. The molecule has 0 amide bonds. The van der Waals surface area contributed by atoms with Gasteiger partial charge in [0.15, 0.2) is 0 Å². The molecule has 4 rings (SSSR count). The zero-order valence-electron chi connectivity index (χ0n) is 13.5. The molecule has 0 N–H and O–H groups in total. The summed E-state index contributed by atoms with van der Waals surface area (Å²) in [6.45, 7) is 2.70. The molecule has 0 aliphatic carbocycles. The van der Waals surface area contributed by atoms with Crippen LogP contribution in [0.25, 0.3) is 21.5 Å². The smallest absolute Gasteiger partial charge is 0.127 e. The van der Waals surface area contributed by atoms with Crippen molar-refractivity contribution in [3.63, 3.8) is 0 Å². The van der Waals surface area contributed by atoms with Gasteiger partial charge in [0.05, 0.1) is 6.61 Å². The molecule has 0 bridgehead atoms. The zero-order valence-corrected chi connectivity index (χ0v) is 14.3. The van der Waals surface area contributed by atoms with Crippen LogP contribution < -0.4 is 4.74 Å². The first-order valence-electron chi connectivity index (χ1n) is 8.16. The summed E-state index contributed by atoms with van der Waals surface area (Å²) in [7, 11) is 0. The molecule has 0 fully saturated rings. The quantitative estimate of drug-likeness (QED) is 0.420. The van der Waals surface area contributed by atoms with Gasteiger partial charge in [0.2, 0.25) is 0 Å². The van der Waals surface area contributed by atoms with Crippen LogP contribution in [0.1, 0.15) is 6.92 Å². The summed E-state index contributed by atoms with van der Waals surface area (Å²) in [5, 5.41) is 4.96. The van der Waals surface area contributed by atoms with E-state index < -0.39 is 0 Å². The van der Waals surface area contributed by atoms with E-state index in [1.54, 1.807) is 11.8 Å². The molecule has 0 aromatic heterocycles. The molecule has 0 radical (unpaired) electrons. The van der Waals surface area contributed by atoms with Crippen LogP contribution in [0.4, 0.5) is 0 Å². The van der Waals surface area contributed by atoms with Crippen LogP contribution in [-0.2, 0) is 0 Å². The minimum Gasteiger partial charge on any atom is -0.493 e. The first-order chi connectivity index (χ1) is 11.8. The van der Waals surface area contributed by atoms with Gasteiger partial charge in [0, 0.05) is 15.2 Å². The Hall–Kier alpha value is -2.45. The second kappa shape index (κ2) is 6.58. The molecule has 0 saturated heterocycles. The lowest BCUT2D eigenvalue weighted by molar-refractivity contribution is 0.344. The Morgan fingerprint density at radius 2 is 1.50 bits per heavy atom. The molecule has 0 spiro atoms. The summed E-state index contributed by atoms with van der Waals surface area (Å²) in [6.07, 6.45) is 0. The van der Waals surface area contributed by atoms with Gasteiger partial charge in [-0.2, -0.15) is 0 Å². The normalized spacial score (nSPS) is 11.0. The molecule has 4 aromatic carbocycles. The van der Waals surface area contributed by atoms with Gasteiger partial charge in [-0.05, 0) is 47.3 Å². The lowest BCUT2D eigenvalue weighted by Gasteiger charge is -2.11. The Kier molecular flexibility index (Phi) is 4.14. The van der Waals surface area contributed by atoms with E-state index >= 15 is 0 Å². The van der Waals surface area contributed by atoms with E-state index in [4.69, 9.17) is 4.74 Å². The van der Waals surface area contributed by atoms with Crippen LogP contribution in [0.2, 0.25) is 0 Å². The van der Waals surface area contributed by atoms with Gasteiger partial charge < -0.3 is 4.74 Å². The summed E-state index contributed by atoms with van der Waals surface area (Å²) in [5.74, 6) is 0.955. The fourth-order valence-corrected chi connectivity index (χ4v) is 3.97. The molecule has 0 aliphatic heterocycles. The van der Waals surface area contributed by atoms with Crippen LogP contribution in [0, 0.1) is 0 Å². The Morgan fingerprint density at radius 1 is 0.750 bits per heavy atom.